The second kappa shape index (κ2) is 6.45. The molecule has 1 atom stereocenters. The summed E-state index contributed by atoms with van der Waals surface area (Å²) in [5.41, 5.74) is 0. The molecule has 0 aromatic rings. The molecule has 0 aromatic carbocycles. The Morgan fingerprint density at radius 1 is 1.33 bits per heavy atom. The summed E-state index contributed by atoms with van der Waals surface area (Å²) in [4.78, 5) is 0.489. The van der Waals surface area contributed by atoms with Gasteiger partial charge in [-0.25, -0.2) is 4.90 Å². The van der Waals surface area contributed by atoms with Gasteiger partial charge in [-0.05, 0) is 7.05 Å². The molecule has 15 heavy (non-hydrogen) atoms. The molecule has 0 fully saturated rings. The third-order valence-corrected chi connectivity index (χ3v) is 2.21. The van der Waals surface area contributed by atoms with E-state index in [9.17, 15) is 8.42 Å². The summed E-state index contributed by atoms with van der Waals surface area (Å²) in [6.07, 6.45) is -4.68. The summed E-state index contributed by atoms with van der Waals surface area (Å²) in [5.74, 6) is -0.951. The molecule has 0 bridgehead atoms. The van der Waals surface area contributed by atoms with Gasteiger partial charge in [0.2, 0.25) is 0 Å². The number of rotatable bonds is 5. The molecule has 0 rings (SSSR count). The second-order valence-electron chi connectivity index (χ2n) is 2.88. The van der Waals surface area contributed by atoms with Crippen LogP contribution in [0.4, 0.5) is 0 Å². The Morgan fingerprint density at radius 3 is 2.00 bits per heavy atom. The van der Waals surface area contributed by atoms with Crippen molar-refractivity contribution in [3.63, 3.8) is 0 Å². The van der Waals surface area contributed by atoms with Crippen LogP contribution in [0, 0.1) is 0 Å². The standard InChI is InChI=1S/C5H13NO7S.Na.H/c1-6(5(8,9)10)2-4(7)3-14(11,12)13;;/h4,7-10H,2-3H2,1H3,(H,11,12,13);;. The number of hydrogen-bond donors (Lipinski definition) is 5. The fourth-order valence-corrected chi connectivity index (χ4v) is 1.33. The summed E-state index contributed by atoms with van der Waals surface area (Å²) < 4.78 is 28.8. The normalized spacial score (nSPS) is 14.9. The molecule has 0 radical (unpaired) electrons. The van der Waals surface area contributed by atoms with Gasteiger partial charge in [0, 0.05) is 6.54 Å². The number of nitrogens with zero attached hydrogens (tertiary/aromatic N) is 1. The van der Waals surface area contributed by atoms with Crippen molar-refractivity contribution in [2.45, 2.75) is 12.2 Å². The molecule has 0 heterocycles. The topological polar surface area (TPSA) is 139 Å². The fourth-order valence-electron chi connectivity index (χ4n) is 0.734. The summed E-state index contributed by atoms with van der Waals surface area (Å²) >= 11 is 0. The van der Waals surface area contributed by atoms with Gasteiger partial charge in [0.25, 0.3) is 10.1 Å². The van der Waals surface area contributed by atoms with Crippen molar-refractivity contribution in [2.75, 3.05) is 19.3 Å². The SMILES string of the molecule is CN(CC(O)CS(=O)(=O)O)C(O)(O)O.[NaH]. The molecule has 88 valence electrons. The molecule has 1 unspecified atom stereocenters. The molecule has 0 aromatic heterocycles. The number of aliphatic hydroxyl groups is 4. The van der Waals surface area contributed by atoms with Gasteiger partial charge in [-0.1, -0.05) is 0 Å². The number of aliphatic hydroxyl groups excluding tert-OH is 1. The van der Waals surface area contributed by atoms with Gasteiger partial charge in [-0.15, -0.1) is 0 Å². The predicted molar refractivity (Wildman–Crippen MR) is 51.6 cm³/mol. The second-order valence-corrected chi connectivity index (χ2v) is 4.38. The molecule has 0 spiro atoms. The van der Waals surface area contributed by atoms with Crippen molar-refractivity contribution in [3.05, 3.63) is 0 Å². The Labute approximate surface area is 109 Å². The van der Waals surface area contributed by atoms with Crippen molar-refractivity contribution in [2.24, 2.45) is 0 Å². The van der Waals surface area contributed by atoms with Gasteiger partial charge in [0.05, 0.1) is 6.10 Å². The first kappa shape index (κ1) is 18.1. The van der Waals surface area contributed by atoms with E-state index < -0.39 is 34.6 Å². The molecule has 0 saturated carbocycles. The van der Waals surface area contributed by atoms with E-state index in [-0.39, 0.29) is 29.6 Å². The molecule has 5 N–H and O–H groups in total. The van der Waals surface area contributed by atoms with E-state index in [1.54, 1.807) is 0 Å². The maximum absolute atomic E-state index is 10.3. The van der Waals surface area contributed by atoms with Crippen molar-refractivity contribution in [1.82, 2.24) is 4.90 Å². The Hall–Kier alpha value is 0.710. The van der Waals surface area contributed by atoms with Crippen molar-refractivity contribution in [3.8, 4) is 0 Å². The van der Waals surface area contributed by atoms with Crippen LogP contribution in [0.1, 0.15) is 0 Å². The Bertz CT molecular complexity index is 274. The van der Waals surface area contributed by atoms with E-state index in [0.29, 0.717) is 4.90 Å². The Balaban J connectivity index is 0. The van der Waals surface area contributed by atoms with Gasteiger partial charge >= 0.3 is 35.7 Å². The van der Waals surface area contributed by atoms with Crippen LogP contribution in [-0.4, -0.2) is 99.4 Å². The van der Waals surface area contributed by atoms with E-state index in [0.717, 1.165) is 7.05 Å². The van der Waals surface area contributed by atoms with Crippen LogP contribution in [-0.2, 0) is 10.1 Å². The van der Waals surface area contributed by atoms with Crippen LogP contribution in [0.25, 0.3) is 0 Å². The fraction of sp³-hybridized carbons (Fsp3) is 1.00. The first-order valence-corrected chi connectivity index (χ1v) is 5.15. The van der Waals surface area contributed by atoms with E-state index in [1.165, 1.54) is 0 Å². The van der Waals surface area contributed by atoms with E-state index in [2.05, 4.69) is 0 Å². The van der Waals surface area contributed by atoms with Crippen LogP contribution >= 0.6 is 0 Å². The van der Waals surface area contributed by atoms with Crippen molar-refractivity contribution >= 4 is 39.7 Å². The quantitative estimate of drug-likeness (QED) is 0.191. The zero-order valence-electron chi connectivity index (χ0n) is 7.40. The molecule has 8 nitrogen and oxygen atoms in total. The average Bonchev–Trinajstić information content (AvgIpc) is 1.79. The number of likely N-dealkylation sites (N-methyl/N-ethyl adjacent to an activating group) is 1. The van der Waals surface area contributed by atoms with Crippen LogP contribution < -0.4 is 0 Å². The van der Waals surface area contributed by atoms with E-state index in [4.69, 9.17) is 25.0 Å². The van der Waals surface area contributed by atoms with Crippen molar-refractivity contribution in [1.29, 1.82) is 0 Å². The minimum atomic E-state index is -4.34. The van der Waals surface area contributed by atoms with Crippen molar-refractivity contribution < 1.29 is 33.4 Å². The Morgan fingerprint density at radius 2 is 1.73 bits per heavy atom. The van der Waals surface area contributed by atoms with Gasteiger partial charge in [0.1, 0.15) is 5.75 Å². The summed E-state index contributed by atoms with van der Waals surface area (Å²) in [5, 5.41) is 34.6. The van der Waals surface area contributed by atoms with Crippen LogP contribution in [0.15, 0.2) is 0 Å². The van der Waals surface area contributed by atoms with Crippen LogP contribution in [0.2, 0.25) is 0 Å². The first-order chi connectivity index (χ1) is 6.02. The molecule has 0 saturated heterocycles. The zero-order valence-corrected chi connectivity index (χ0v) is 8.22. The summed E-state index contributed by atoms with van der Waals surface area (Å²) in [6.45, 7) is -0.538. The average molecular weight is 255 g/mol. The first-order valence-electron chi connectivity index (χ1n) is 3.54. The molecule has 0 aliphatic rings. The van der Waals surface area contributed by atoms with Crippen LogP contribution in [0.5, 0.6) is 0 Å². The third-order valence-electron chi connectivity index (χ3n) is 1.40. The third kappa shape index (κ3) is 9.63. The zero-order chi connectivity index (χ0) is 11.6. The molecule has 0 amide bonds. The van der Waals surface area contributed by atoms with E-state index in [1.807, 2.05) is 0 Å². The molecular formula is C5H14NNaO7S. The molecule has 0 aliphatic heterocycles. The minimum absolute atomic E-state index is 0. The molecule has 10 heteroatoms. The Kier molecular flexibility index (Phi) is 7.77. The van der Waals surface area contributed by atoms with Crippen LogP contribution in [0.3, 0.4) is 0 Å². The van der Waals surface area contributed by atoms with E-state index >= 15 is 0 Å². The van der Waals surface area contributed by atoms with Gasteiger partial charge in [-0.3, -0.25) is 4.55 Å². The summed E-state index contributed by atoms with van der Waals surface area (Å²) in [7, 11) is -3.30. The summed E-state index contributed by atoms with van der Waals surface area (Å²) in [6, 6.07) is 0. The van der Waals surface area contributed by atoms with Gasteiger partial charge < -0.3 is 20.4 Å². The number of hydrogen-bond acceptors (Lipinski definition) is 7. The predicted octanol–water partition coefficient (Wildman–Crippen LogP) is -3.89. The maximum atomic E-state index is 10.3. The van der Waals surface area contributed by atoms with Gasteiger partial charge in [0.15, 0.2) is 0 Å². The van der Waals surface area contributed by atoms with Gasteiger partial charge in [-0.2, -0.15) is 8.42 Å². The molecule has 0 aliphatic carbocycles. The molecular weight excluding hydrogens is 241 g/mol. The monoisotopic (exact) mass is 255 g/mol.